The van der Waals surface area contributed by atoms with Gasteiger partial charge in [0.15, 0.2) is 0 Å². The molecule has 1 N–H and O–H groups in total. The largest absolute Gasteiger partial charge is 0.316 e. The number of aromatic nitrogens is 1. The van der Waals surface area contributed by atoms with Gasteiger partial charge in [-0.2, -0.15) is 0 Å². The van der Waals surface area contributed by atoms with Crippen LogP contribution in [0.5, 0.6) is 0 Å². The predicted octanol–water partition coefficient (Wildman–Crippen LogP) is 2.75. The van der Waals surface area contributed by atoms with Gasteiger partial charge in [0, 0.05) is 24.9 Å². The maximum atomic E-state index is 6.00. The zero-order chi connectivity index (χ0) is 11.0. The monoisotopic (exact) mass is 234 g/mol. The summed E-state index contributed by atoms with van der Waals surface area (Å²) in [5, 5.41) is 4.21. The quantitative estimate of drug-likeness (QED) is 0.808. The molecule has 1 aliphatic heterocycles. The highest BCUT2D eigenvalue weighted by atomic mass is 35.5. The van der Waals surface area contributed by atoms with Crippen LogP contribution in [0.15, 0.2) is 24.5 Å². The van der Waals surface area contributed by atoms with Crippen molar-refractivity contribution in [2.24, 2.45) is 11.8 Å². The van der Waals surface area contributed by atoms with Gasteiger partial charge in [-0.05, 0) is 42.5 Å². The molecule has 2 nitrogen and oxygen atoms in total. The Hall–Kier alpha value is -0.860. The highest BCUT2D eigenvalue weighted by molar-refractivity contribution is 6.30. The normalized spacial score (nSPS) is 28.7. The summed E-state index contributed by atoms with van der Waals surface area (Å²) in [6.07, 6.45) is 8.48. The van der Waals surface area contributed by atoms with Crippen molar-refractivity contribution in [1.29, 1.82) is 0 Å². The molecule has 2 heterocycles. The second-order valence-corrected chi connectivity index (χ2v) is 5.09. The van der Waals surface area contributed by atoms with Gasteiger partial charge in [-0.3, -0.25) is 4.98 Å². The lowest BCUT2D eigenvalue weighted by Crippen LogP contribution is -2.17. The second-order valence-electron chi connectivity index (χ2n) is 4.65. The molecule has 0 amide bonds. The van der Waals surface area contributed by atoms with Crippen molar-refractivity contribution in [2.45, 2.75) is 12.8 Å². The number of rotatable bonds is 1. The number of nitrogens with one attached hydrogen (secondary N) is 1. The van der Waals surface area contributed by atoms with Crippen LogP contribution in [0, 0.1) is 11.8 Å². The first-order valence-electron chi connectivity index (χ1n) is 5.86. The SMILES string of the molecule is Clc1cncc(C2=CCC[C@H]3CNC[C@@H]23)c1. The van der Waals surface area contributed by atoms with Crippen LogP contribution < -0.4 is 5.32 Å². The molecule has 16 heavy (non-hydrogen) atoms. The average molecular weight is 235 g/mol. The number of allylic oxidation sites excluding steroid dienone is 1. The van der Waals surface area contributed by atoms with Gasteiger partial charge >= 0.3 is 0 Å². The molecule has 1 fully saturated rings. The Balaban J connectivity index is 1.96. The van der Waals surface area contributed by atoms with Crippen LogP contribution in [-0.4, -0.2) is 18.1 Å². The van der Waals surface area contributed by atoms with Crippen molar-refractivity contribution in [2.75, 3.05) is 13.1 Å². The Morgan fingerprint density at radius 2 is 2.25 bits per heavy atom. The van der Waals surface area contributed by atoms with E-state index in [9.17, 15) is 0 Å². The van der Waals surface area contributed by atoms with Crippen molar-refractivity contribution >= 4 is 17.2 Å². The Morgan fingerprint density at radius 3 is 3.12 bits per heavy atom. The Kier molecular flexibility index (Phi) is 2.70. The van der Waals surface area contributed by atoms with Gasteiger partial charge in [-0.1, -0.05) is 17.7 Å². The molecule has 0 bridgehead atoms. The maximum Gasteiger partial charge on any atom is 0.0595 e. The molecule has 1 saturated heterocycles. The molecule has 0 unspecified atom stereocenters. The molecule has 2 atom stereocenters. The molecule has 1 aromatic heterocycles. The van der Waals surface area contributed by atoms with Crippen LogP contribution >= 0.6 is 11.6 Å². The number of hydrogen-bond donors (Lipinski definition) is 1. The summed E-state index contributed by atoms with van der Waals surface area (Å²) >= 11 is 6.00. The van der Waals surface area contributed by atoms with Gasteiger partial charge in [-0.25, -0.2) is 0 Å². The molecule has 1 aromatic rings. The molecule has 1 aliphatic carbocycles. The first-order chi connectivity index (χ1) is 7.84. The van der Waals surface area contributed by atoms with Gasteiger partial charge in [-0.15, -0.1) is 0 Å². The van der Waals surface area contributed by atoms with Crippen LogP contribution in [-0.2, 0) is 0 Å². The molecular weight excluding hydrogens is 220 g/mol. The molecular formula is C13H15ClN2. The first-order valence-corrected chi connectivity index (χ1v) is 6.24. The van der Waals surface area contributed by atoms with E-state index < -0.39 is 0 Å². The van der Waals surface area contributed by atoms with E-state index in [0.717, 1.165) is 24.0 Å². The van der Waals surface area contributed by atoms with Crippen LogP contribution in [0.25, 0.3) is 5.57 Å². The average Bonchev–Trinajstić information content (AvgIpc) is 2.76. The summed E-state index contributed by atoms with van der Waals surface area (Å²) in [7, 11) is 0. The summed E-state index contributed by atoms with van der Waals surface area (Å²) in [6, 6.07) is 2.03. The maximum absolute atomic E-state index is 6.00. The fraction of sp³-hybridized carbons (Fsp3) is 0.462. The Bertz CT molecular complexity index is 428. The molecule has 3 rings (SSSR count). The minimum Gasteiger partial charge on any atom is -0.316 e. The third kappa shape index (κ3) is 1.76. The standard InChI is InChI=1S/C13H15ClN2/c14-11-4-10(6-15-7-11)12-3-1-2-9-5-16-8-13(9)12/h3-4,6-7,9,13,16H,1-2,5,8H2/t9-,13+/m0/s1. The highest BCUT2D eigenvalue weighted by Crippen LogP contribution is 2.38. The summed E-state index contributed by atoms with van der Waals surface area (Å²) < 4.78 is 0. The molecule has 84 valence electrons. The predicted molar refractivity (Wildman–Crippen MR) is 66.3 cm³/mol. The van der Waals surface area contributed by atoms with Crippen LogP contribution in [0.2, 0.25) is 5.02 Å². The van der Waals surface area contributed by atoms with E-state index in [2.05, 4.69) is 16.4 Å². The van der Waals surface area contributed by atoms with Gasteiger partial charge in [0.05, 0.1) is 5.02 Å². The first kappa shape index (κ1) is 10.3. The zero-order valence-corrected chi connectivity index (χ0v) is 9.87. The fourth-order valence-electron chi connectivity index (χ4n) is 2.91. The molecule has 0 aromatic carbocycles. The highest BCUT2D eigenvalue weighted by Gasteiger charge is 2.32. The minimum atomic E-state index is 0.661. The molecule has 0 radical (unpaired) electrons. The minimum absolute atomic E-state index is 0.661. The van der Waals surface area contributed by atoms with Gasteiger partial charge in [0.2, 0.25) is 0 Å². The number of halogens is 1. The van der Waals surface area contributed by atoms with Crippen molar-refractivity contribution in [3.63, 3.8) is 0 Å². The van der Waals surface area contributed by atoms with Gasteiger partial charge in [0.25, 0.3) is 0 Å². The Labute approximate surface area is 101 Å². The third-order valence-corrected chi connectivity index (χ3v) is 3.89. The topological polar surface area (TPSA) is 24.9 Å². The number of hydrogen-bond acceptors (Lipinski definition) is 2. The van der Waals surface area contributed by atoms with Gasteiger partial charge in [0.1, 0.15) is 0 Å². The van der Waals surface area contributed by atoms with Crippen molar-refractivity contribution in [1.82, 2.24) is 10.3 Å². The van der Waals surface area contributed by atoms with E-state index in [0.29, 0.717) is 5.92 Å². The number of nitrogens with zero attached hydrogens (tertiary/aromatic N) is 1. The van der Waals surface area contributed by atoms with E-state index in [-0.39, 0.29) is 0 Å². The van der Waals surface area contributed by atoms with Crippen molar-refractivity contribution in [3.05, 3.63) is 35.1 Å². The van der Waals surface area contributed by atoms with Crippen LogP contribution in [0.3, 0.4) is 0 Å². The van der Waals surface area contributed by atoms with Crippen molar-refractivity contribution in [3.8, 4) is 0 Å². The summed E-state index contributed by atoms with van der Waals surface area (Å²) in [5.41, 5.74) is 2.64. The number of fused-ring (bicyclic) bond motifs is 1. The Morgan fingerprint density at radius 1 is 1.31 bits per heavy atom. The smallest absolute Gasteiger partial charge is 0.0595 e. The summed E-state index contributed by atoms with van der Waals surface area (Å²) in [5.74, 6) is 1.47. The molecule has 0 saturated carbocycles. The van der Waals surface area contributed by atoms with E-state index in [1.165, 1.54) is 24.0 Å². The summed E-state index contributed by atoms with van der Waals surface area (Å²) in [4.78, 5) is 4.18. The molecule has 3 heteroatoms. The van der Waals surface area contributed by atoms with E-state index in [1.807, 2.05) is 12.3 Å². The van der Waals surface area contributed by atoms with Crippen LogP contribution in [0.4, 0.5) is 0 Å². The van der Waals surface area contributed by atoms with Gasteiger partial charge < -0.3 is 5.32 Å². The lowest BCUT2D eigenvalue weighted by Gasteiger charge is -2.26. The molecule has 0 spiro atoms. The number of pyridine rings is 1. The summed E-state index contributed by atoms with van der Waals surface area (Å²) in [6.45, 7) is 2.26. The van der Waals surface area contributed by atoms with Crippen molar-refractivity contribution < 1.29 is 0 Å². The van der Waals surface area contributed by atoms with E-state index in [4.69, 9.17) is 11.6 Å². The lowest BCUT2D eigenvalue weighted by molar-refractivity contribution is 0.454. The second kappa shape index (κ2) is 4.19. The molecule has 2 aliphatic rings. The fourth-order valence-corrected chi connectivity index (χ4v) is 3.08. The van der Waals surface area contributed by atoms with E-state index >= 15 is 0 Å². The third-order valence-electron chi connectivity index (χ3n) is 3.68. The van der Waals surface area contributed by atoms with Crippen LogP contribution in [0.1, 0.15) is 18.4 Å². The van der Waals surface area contributed by atoms with E-state index in [1.54, 1.807) is 6.20 Å². The zero-order valence-electron chi connectivity index (χ0n) is 9.12. The lowest BCUT2D eigenvalue weighted by atomic mass is 9.78.